The number of aryl methyl sites for hydroxylation is 1. The van der Waals surface area contributed by atoms with Crippen LogP contribution >= 0.6 is 11.6 Å². The first-order valence-electron chi connectivity index (χ1n) is 12.8. The van der Waals surface area contributed by atoms with Gasteiger partial charge >= 0.3 is 0 Å². The Morgan fingerprint density at radius 2 is 2.02 bits per heavy atom. The number of methoxy groups -OCH3 is 1. The van der Waals surface area contributed by atoms with Crippen molar-refractivity contribution in [3.8, 4) is 11.6 Å². The lowest BCUT2D eigenvalue weighted by molar-refractivity contribution is 0.0844. The van der Waals surface area contributed by atoms with Crippen molar-refractivity contribution in [2.45, 2.75) is 39.4 Å². The summed E-state index contributed by atoms with van der Waals surface area (Å²) in [4.78, 5) is 28.1. The molecular weight excluding hydrogens is 532 g/mol. The SMILES string of the molecule is CCn1ncc2c3c(NCc4ccc(OC)c(Cl)c4)nnc(-n4cnc(C(=O)N5C=NC(C)(C)C5)c4)c3cnc21. The Labute approximate surface area is 234 Å². The van der Waals surface area contributed by atoms with E-state index in [0.717, 1.165) is 27.4 Å². The quantitative estimate of drug-likeness (QED) is 0.316. The van der Waals surface area contributed by atoms with Crippen LogP contribution in [0, 0.1) is 0 Å². The molecule has 0 fully saturated rings. The number of anilines is 1. The third-order valence-electron chi connectivity index (χ3n) is 6.78. The number of carbonyl (C=O) groups is 1. The molecular formula is C27H27ClN10O2. The molecule has 0 aliphatic carbocycles. The van der Waals surface area contributed by atoms with E-state index in [1.807, 2.05) is 43.7 Å². The van der Waals surface area contributed by atoms with Crippen LogP contribution in [0.5, 0.6) is 5.75 Å². The van der Waals surface area contributed by atoms with E-state index in [1.165, 1.54) is 0 Å². The maximum atomic E-state index is 13.1. The number of hydrogen-bond donors (Lipinski definition) is 1. The van der Waals surface area contributed by atoms with Gasteiger partial charge in [0, 0.05) is 36.3 Å². The Bertz CT molecular complexity index is 1790. The van der Waals surface area contributed by atoms with Crippen molar-refractivity contribution in [2.24, 2.45) is 4.99 Å². The zero-order valence-corrected chi connectivity index (χ0v) is 23.2. The van der Waals surface area contributed by atoms with Gasteiger partial charge in [-0.25, -0.2) is 14.6 Å². The number of nitrogens with one attached hydrogen (secondary N) is 1. The summed E-state index contributed by atoms with van der Waals surface area (Å²) in [7, 11) is 1.58. The molecule has 1 aliphatic heterocycles. The highest BCUT2D eigenvalue weighted by Gasteiger charge is 2.30. The standard InChI is InChI=1S/C27H27ClN10O2/c1-5-38-24-18(11-33-38)22-17(10-30-24)25(35-34-23(22)29-9-16-6-7-21(40-4)19(28)8-16)36-12-20(31-14-36)26(39)37-13-27(2,3)32-15-37/h6-8,10-12,14-15H,5,9,13H2,1-4H3,(H,29,34). The van der Waals surface area contributed by atoms with Crippen LogP contribution in [0.2, 0.25) is 5.02 Å². The molecule has 0 atom stereocenters. The van der Waals surface area contributed by atoms with Crippen molar-refractivity contribution in [3.05, 3.63) is 59.4 Å². The molecule has 6 rings (SSSR count). The Morgan fingerprint density at radius 1 is 1.18 bits per heavy atom. The Kier molecular flexibility index (Phi) is 6.34. The van der Waals surface area contributed by atoms with Gasteiger partial charge in [0.2, 0.25) is 0 Å². The topological polar surface area (TPSA) is 128 Å². The molecule has 0 saturated carbocycles. The minimum Gasteiger partial charge on any atom is -0.495 e. The van der Waals surface area contributed by atoms with Crippen LogP contribution in [0.15, 0.2) is 48.1 Å². The Hall–Kier alpha value is -4.58. The van der Waals surface area contributed by atoms with Gasteiger partial charge in [-0.3, -0.25) is 19.3 Å². The molecule has 5 heterocycles. The largest absolute Gasteiger partial charge is 0.495 e. The van der Waals surface area contributed by atoms with Crippen LogP contribution in [-0.4, -0.2) is 70.9 Å². The minimum atomic E-state index is -0.320. The number of pyridine rings is 1. The van der Waals surface area contributed by atoms with Crippen LogP contribution in [0.4, 0.5) is 5.82 Å². The number of amides is 1. The molecule has 40 heavy (non-hydrogen) atoms. The van der Waals surface area contributed by atoms with Crippen molar-refractivity contribution in [3.63, 3.8) is 0 Å². The van der Waals surface area contributed by atoms with Crippen LogP contribution in [0.25, 0.3) is 27.6 Å². The average Bonchev–Trinajstić information content (AvgIpc) is 3.69. The monoisotopic (exact) mass is 558 g/mol. The predicted molar refractivity (Wildman–Crippen MR) is 152 cm³/mol. The first-order chi connectivity index (χ1) is 19.3. The summed E-state index contributed by atoms with van der Waals surface area (Å²) in [6.07, 6.45) is 8.31. The fourth-order valence-corrected chi connectivity index (χ4v) is 5.03. The highest BCUT2D eigenvalue weighted by molar-refractivity contribution is 6.32. The highest BCUT2D eigenvalue weighted by atomic mass is 35.5. The molecule has 0 radical (unpaired) electrons. The number of rotatable bonds is 7. The number of hydrogen-bond acceptors (Lipinski definition) is 9. The van der Waals surface area contributed by atoms with Crippen molar-refractivity contribution >= 4 is 51.5 Å². The molecule has 0 bridgehead atoms. The van der Waals surface area contributed by atoms with Gasteiger partial charge in [0.15, 0.2) is 17.3 Å². The average molecular weight is 559 g/mol. The fraction of sp³-hybridized carbons (Fsp3) is 0.296. The smallest absolute Gasteiger partial charge is 0.279 e. The number of fused-ring (bicyclic) bond motifs is 3. The van der Waals surface area contributed by atoms with Gasteiger partial charge in [-0.15, -0.1) is 10.2 Å². The number of ether oxygens (including phenoxy) is 1. The molecule has 1 aromatic carbocycles. The van der Waals surface area contributed by atoms with E-state index in [9.17, 15) is 4.79 Å². The molecule has 1 amide bonds. The van der Waals surface area contributed by atoms with E-state index < -0.39 is 0 Å². The second-order valence-electron chi connectivity index (χ2n) is 10.1. The summed E-state index contributed by atoms with van der Waals surface area (Å²) in [5, 5.41) is 19.8. The van der Waals surface area contributed by atoms with E-state index in [2.05, 4.69) is 35.6 Å². The van der Waals surface area contributed by atoms with Gasteiger partial charge in [0.25, 0.3) is 5.91 Å². The summed E-state index contributed by atoms with van der Waals surface area (Å²) in [6, 6.07) is 5.61. The van der Waals surface area contributed by atoms with Gasteiger partial charge in [0.1, 0.15) is 17.8 Å². The lowest BCUT2D eigenvalue weighted by atomic mass is 10.1. The van der Waals surface area contributed by atoms with Crippen LogP contribution in [0.1, 0.15) is 36.8 Å². The number of aromatic nitrogens is 7. The predicted octanol–water partition coefficient (Wildman–Crippen LogP) is 4.12. The van der Waals surface area contributed by atoms with Crippen molar-refractivity contribution in [1.82, 2.24) is 39.4 Å². The number of carbonyl (C=O) groups excluding carboxylic acids is 1. The van der Waals surface area contributed by atoms with Crippen molar-refractivity contribution in [2.75, 3.05) is 19.0 Å². The maximum Gasteiger partial charge on any atom is 0.279 e. The summed E-state index contributed by atoms with van der Waals surface area (Å²) in [5.41, 5.74) is 1.65. The van der Waals surface area contributed by atoms with Gasteiger partial charge in [-0.2, -0.15) is 5.10 Å². The van der Waals surface area contributed by atoms with Crippen molar-refractivity contribution in [1.29, 1.82) is 0 Å². The van der Waals surface area contributed by atoms with E-state index in [-0.39, 0.29) is 17.1 Å². The van der Waals surface area contributed by atoms with Crippen molar-refractivity contribution < 1.29 is 9.53 Å². The zero-order chi connectivity index (χ0) is 28.0. The highest BCUT2D eigenvalue weighted by Crippen LogP contribution is 2.32. The number of benzene rings is 1. The van der Waals surface area contributed by atoms with E-state index in [1.54, 1.807) is 47.8 Å². The Balaban J connectivity index is 1.39. The van der Waals surface area contributed by atoms with Crippen LogP contribution in [-0.2, 0) is 13.1 Å². The normalized spacial score (nSPS) is 14.4. The zero-order valence-electron chi connectivity index (χ0n) is 22.5. The first-order valence-corrected chi connectivity index (χ1v) is 13.1. The molecule has 0 unspecified atom stereocenters. The lowest BCUT2D eigenvalue weighted by Crippen LogP contribution is -2.34. The Morgan fingerprint density at radius 3 is 2.75 bits per heavy atom. The van der Waals surface area contributed by atoms with Gasteiger partial charge < -0.3 is 10.1 Å². The summed E-state index contributed by atoms with van der Waals surface area (Å²) in [6.45, 7) is 7.58. The molecule has 0 saturated heterocycles. The third kappa shape index (κ3) is 4.49. The third-order valence-corrected chi connectivity index (χ3v) is 7.07. The molecule has 13 heteroatoms. The molecule has 12 nitrogen and oxygen atoms in total. The van der Waals surface area contributed by atoms with E-state index in [4.69, 9.17) is 16.3 Å². The van der Waals surface area contributed by atoms with Crippen LogP contribution < -0.4 is 10.1 Å². The van der Waals surface area contributed by atoms with Gasteiger partial charge in [-0.05, 0) is 38.5 Å². The number of halogens is 1. The van der Waals surface area contributed by atoms with E-state index >= 15 is 0 Å². The number of imidazole rings is 1. The molecule has 1 aliphatic rings. The molecule has 204 valence electrons. The van der Waals surface area contributed by atoms with Gasteiger partial charge in [-0.1, -0.05) is 17.7 Å². The first kappa shape index (κ1) is 25.7. The molecule has 5 aromatic rings. The molecule has 0 spiro atoms. The number of nitrogens with zero attached hydrogens (tertiary/aromatic N) is 9. The molecule has 1 N–H and O–H groups in total. The second-order valence-corrected chi connectivity index (χ2v) is 10.5. The second kappa shape index (κ2) is 9.87. The summed E-state index contributed by atoms with van der Waals surface area (Å²) < 4.78 is 8.78. The van der Waals surface area contributed by atoms with E-state index in [0.29, 0.717) is 42.0 Å². The summed E-state index contributed by atoms with van der Waals surface area (Å²) in [5.74, 6) is 1.44. The minimum absolute atomic E-state index is 0.230. The lowest BCUT2D eigenvalue weighted by Gasteiger charge is -2.17. The number of aliphatic imine (C=N–C) groups is 1. The fourth-order valence-electron chi connectivity index (χ4n) is 4.75. The van der Waals surface area contributed by atoms with Gasteiger partial charge in [0.05, 0.1) is 42.1 Å². The summed E-state index contributed by atoms with van der Waals surface area (Å²) >= 11 is 6.33. The maximum absolute atomic E-state index is 13.1. The molecule has 4 aromatic heterocycles. The van der Waals surface area contributed by atoms with Crippen LogP contribution in [0.3, 0.4) is 0 Å².